The molecule has 3 aromatic rings. The van der Waals surface area contributed by atoms with E-state index in [9.17, 15) is 4.79 Å². The SMILES string of the molecule is Cc1cccc(CN2CCCC3(CCN(c4nc5ccccc5s4)C3)C2=O)c1. The Labute approximate surface area is 169 Å². The summed E-state index contributed by atoms with van der Waals surface area (Å²) < 4.78 is 1.22. The minimum atomic E-state index is -0.236. The molecule has 4 nitrogen and oxygen atoms in total. The van der Waals surface area contributed by atoms with Crippen molar-refractivity contribution in [1.29, 1.82) is 0 Å². The Hall–Kier alpha value is -2.40. The van der Waals surface area contributed by atoms with Crippen molar-refractivity contribution in [1.82, 2.24) is 9.88 Å². The Kier molecular flexibility index (Phi) is 4.35. The van der Waals surface area contributed by atoms with Crippen LogP contribution in [0.4, 0.5) is 5.13 Å². The first-order valence-electron chi connectivity index (χ1n) is 10.1. The van der Waals surface area contributed by atoms with Gasteiger partial charge in [-0.2, -0.15) is 0 Å². The molecule has 3 heterocycles. The van der Waals surface area contributed by atoms with E-state index in [1.54, 1.807) is 11.3 Å². The number of hydrogen-bond donors (Lipinski definition) is 0. The number of piperidine rings is 1. The van der Waals surface area contributed by atoms with Crippen molar-refractivity contribution < 1.29 is 4.79 Å². The highest BCUT2D eigenvalue weighted by molar-refractivity contribution is 7.22. The number of likely N-dealkylation sites (tertiary alicyclic amines) is 1. The summed E-state index contributed by atoms with van der Waals surface area (Å²) in [6.45, 7) is 5.43. The molecule has 2 saturated heterocycles. The third kappa shape index (κ3) is 3.08. The molecule has 0 N–H and O–H groups in total. The molecule has 28 heavy (non-hydrogen) atoms. The van der Waals surface area contributed by atoms with Crippen molar-refractivity contribution in [2.45, 2.75) is 32.7 Å². The van der Waals surface area contributed by atoms with Gasteiger partial charge in [0.2, 0.25) is 5.91 Å². The summed E-state index contributed by atoms with van der Waals surface area (Å²) in [6, 6.07) is 16.8. The van der Waals surface area contributed by atoms with E-state index >= 15 is 0 Å². The second-order valence-corrected chi connectivity index (χ2v) is 9.24. The molecule has 1 atom stereocenters. The topological polar surface area (TPSA) is 36.4 Å². The quantitative estimate of drug-likeness (QED) is 0.653. The van der Waals surface area contributed by atoms with Gasteiger partial charge < -0.3 is 9.80 Å². The van der Waals surface area contributed by atoms with Crippen molar-refractivity contribution in [2.24, 2.45) is 5.41 Å². The highest BCUT2D eigenvalue weighted by Gasteiger charge is 2.48. The molecule has 2 fully saturated rings. The standard InChI is InChI=1S/C23H25N3OS/c1-17-6-4-7-18(14-17)15-25-12-5-10-23(21(25)27)11-13-26(16-23)22-24-19-8-2-3-9-20(19)28-22/h2-4,6-9,14H,5,10-13,15-16H2,1H3. The Bertz CT molecular complexity index is 996. The van der Waals surface area contributed by atoms with Crippen LogP contribution in [0.15, 0.2) is 48.5 Å². The van der Waals surface area contributed by atoms with Crippen molar-refractivity contribution in [3.63, 3.8) is 0 Å². The van der Waals surface area contributed by atoms with Gasteiger partial charge in [0, 0.05) is 26.2 Å². The fourth-order valence-electron chi connectivity index (χ4n) is 4.74. The fraction of sp³-hybridized carbons (Fsp3) is 0.391. The number of thiazole rings is 1. The van der Waals surface area contributed by atoms with Gasteiger partial charge in [-0.25, -0.2) is 4.98 Å². The Balaban J connectivity index is 1.35. The molecule has 1 unspecified atom stereocenters. The van der Waals surface area contributed by atoms with Crippen molar-refractivity contribution in [3.8, 4) is 0 Å². The molecule has 0 aliphatic carbocycles. The van der Waals surface area contributed by atoms with Crippen LogP contribution in [0.1, 0.15) is 30.4 Å². The molecule has 0 bridgehead atoms. The van der Waals surface area contributed by atoms with Crippen LogP contribution in [-0.2, 0) is 11.3 Å². The van der Waals surface area contributed by atoms with Crippen molar-refractivity contribution >= 4 is 32.6 Å². The lowest BCUT2D eigenvalue weighted by Crippen LogP contribution is -2.49. The molecule has 0 saturated carbocycles. The number of benzene rings is 2. The molecule has 5 rings (SSSR count). The summed E-state index contributed by atoms with van der Waals surface area (Å²) in [6.07, 6.45) is 3.02. The molecule has 144 valence electrons. The molecule has 0 radical (unpaired) electrons. The van der Waals surface area contributed by atoms with Crippen LogP contribution in [0.25, 0.3) is 10.2 Å². The summed E-state index contributed by atoms with van der Waals surface area (Å²) in [7, 11) is 0. The number of amides is 1. The van der Waals surface area contributed by atoms with E-state index in [0.717, 1.165) is 56.1 Å². The van der Waals surface area contributed by atoms with E-state index in [1.165, 1.54) is 15.8 Å². The minimum Gasteiger partial charge on any atom is -0.347 e. The van der Waals surface area contributed by atoms with Gasteiger partial charge in [0.05, 0.1) is 15.6 Å². The van der Waals surface area contributed by atoms with Gasteiger partial charge >= 0.3 is 0 Å². The lowest BCUT2D eigenvalue weighted by molar-refractivity contribution is -0.145. The van der Waals surface area contributed by atoms with Gasteiger partial charge in [0.1, 0.15) is 0 Å². The summed E-state index contributed by atoms with van der Waals surface area (Å²) >= 11 is 1.74. The van der Waals surface area contributed by atoms with Gasteiger partial charge in [-0.15, -0.1) is 0 Å². The Morgan fingerprint density at radius 1 is 1.11 bits per heavy atom. The van der Waals surface area contributed by atoms with E-state index in [4.69, 9.17) is 4.98 Å². The first-order valence-corrected chi connectivity index (χ1v) is 10.9. The molecular formula is C23H25N3OS. The average Bonchev–Trinajstić information content (AvgIpc) is 3.31. The van der Waals surface area contributed by atoms with E-state index in [1.807, 2.05) is 6.07 Å². The van der Waals surface area contributed by atoms with Crippen LogP contribution in [-0.4, -0.2) is 35.4 Å². The van der Waals surface area contributed by atoms with Crippen molar-refractivity contribution in [3.05, 3.63) is 59.7 Å². The van der Waals surface area contributed by atoms with E-state index < -0.39 is 0 Å². The van der Waals surface area contributed by atoms with Gasteiger partial charge in [0.25, 0.3) is 0 Å². The number of para-hydroxylation sites is 1. The number of aryl methyl sites for hydroxylation is 1. The van der Waals surface area contributed by atoms with Crippen LogP contribution < -0.4 is 4.90 Å². The smallest absolute Gasteiger partial charge is 0.230 e. The first-order chi connectivity index (χ1) is 13.6. The lowest BCUT2D eigenvalue weighted by Gasteiger charge is -2.39. The number of hydrogen-bond acceptors (Lipinski definition) is 4. The zero-order chi connectivity index (χ0) is 19.1. The first kappa shape index (κ1) is 17.7. The second-order valence-electron chi connectivity index (χ2n) is 8.24. The molecule has 1 spiro atoms. The Morgan fingerprint density at radius 2 is 2.00 bits per heavy atom. The predicted molar refractivity (Wildman–Crippen MR) is 115 cm³/mol. The second kappa shape index (κ2) is 6.89. The molecule has 5 heteroatoms. The largest absolute Gasteiger partial charge is 0.347 e. The van der Waals surface area contributed by atoms with Gasteiger partial charge in [0.15, 0.2) is 5.13 Å². The van der Waals surface area contributed by atoms with Gasteiger partial charge in [-0.1, -0.05) is 53.3 Å². The monoisotopic (exact) mass is 391 g/mol. The van der Waals surface area contributed by atoms with Crippen LogP contribution in [0.5, 0.6) is 0 Å². The average molecular weight is 392 g/mol. The van der Waals surface area contributed by atoms with E-state index in [-0.39, 0.29) is 5.41 Å². The normalized spacial score (nSPS) is 22.5. The molecule has 2 aromatic carbocycles. The minimum absolute atomic E-state index is 0.236. The summed E-state index contributed by atoms with van der Waals surface area (Å²) in [4.78, 5) is 22.7. The summed E-state index contributed by atoms with van der Waals surface area (Å²) in [5.41, 5.74) is 3.30. The number of fused-ring (bicyclic) bond motifs is 1. The zero-order valence-corrected chi connectivity index (χ0v) is 17.0. The highest BCUT2D eigenvalue weighted by Crippen LogP contribution is 2.43. The maximum atomic E-state index is 13.5. The summed E-state index contributed by atoms with van der Waals surface area (Å²) in [5, 5.41) is 1.06. The van der Waals surface area contributed by atoms with Crippen LogP contribution in [0.2, 0.25) is 0 Å². The van der Waals surface area contributed by atoms with Crippen LogP contribution in [0.3, 0.4) is 0 Å². The van der Waals surface area contributed by atoms with E-state index in [0.29, 0.717) is 5.91 Å². The summed E-state index contributed by atoms with van der Waals surface area (Å²) in [5.74, 6) is 0.337. The Morgan fingerprint density at radius 3 is 2.86 bits per heavy atom. The van der Waals surface area contributed by atoms with Crippen LogP contribution >= 0.6 is 11.3 Å². The number of rotatable bonds is 3. The zero-order valence-electron chi connectivity index (χ0n) is 16.2. The number of nitrogens with zero attached hydrogens (tertiary/aromatic N) is 3. The molecule has 1 aromatic heterocycles. The van der Waals surface area contributed by atoms with Crippen molar-refractivity contribution in [2.75, 3.05) is 24.5 Å². The predicted octanol–water partition coefficient (Wildman–Crippen LogP) is 4.62. The fourth-order valence-corrected chi connectivity index (χ4v) is 5.73. The maximum absolute atomic E-state index is 13.5. The highest BCUT2D eigenvalue weighted by atomic mass is 32.1. The maximum Gasteiger partial charge on any atom is 0.230 e. The lowest BCUT2D eigenvalue weighted by atomic mass is 9.78. The third-order valence-corrected chi connectivity index (χ3v) is 7.28. The van der Waals surface area contributed by atoms with Gasteiger partial charge in [-0.05, 0) is 43.9 Å². The number of carbonyl (C=O) groups is 1. The van der Waals surface area contributed by atoms with Crippen LogP contribution in [0, 0.1) is 12.3 Å². The third-order valence-electron chi connectivity index (χ3n) is 6.19. The molecule has 1 amide bonds. The molecule has 2 aliphatic heterocycles. The number of aromatic nitrogens is 1. The molecule has 2 aliphatic rings. The number of carbonyl (C=O) groups excluding carboxylic acids is 1. The van der Waals surface area contributed by atoms with E-state index in [2.05, 4.69) is 59.2 Å². The van der Waals surface area contributed by atoms with Gasteiger partial charge in [-0.3, -0.25) is 4.79 Å². The molecular weight excluding hydrogens is 366 g/mol. The number of anilines is 1.